The van der Waals surface area contributed by atoms with Gasteiger partial charge in [0, 0.05) is 12.2 Å². The first kappa shape index (κ1) is 13.7. The number of hydrogen-bond donors (Lipinski definition) is 2. The Hall–Kier alpha value is -1.29. The van der Waals surface area contributed by atoms with Crippen molar-refractivity contribution in [3.63, 3.8) is 0 Å². The molecular weight excluding hydrogens is 276 g/mol. The van der Waals surface area contributed by atoms with Crippen LogP contribution in [0, 0.1) is 17.8 Å². The zero-order valence-electron chi connectivity index (χ0n) is 11.5. The molecule has 0 saturated heterocycles. The highest BCUT2D eigenvalue weighted by atomic mass is 35.5. The second kappa shape index (κ2) is 5.24. The van der Waals surface area contributed by atoms with E-state index in [1.165, 1.54) is 37.9 Å². The molecule has 1 aromatic rings. The molecule has 0 amide bonds. The first-order valence-corrected chi connectivity index (χ1v) is 7.57. The van der Waals surface area contributed by atoms with Crippen LogP contribution in [0.5, 0.6) is 0 Å². The predicted octanol–water partition coefficient (Wildman–Crippen LogP) is 3.67. The van der Waals surface area contributed by atoms with Gasteiger partial charge in [-0.15, -0.1) is 0 Å². The summed E-state index contributed by atoms with van der Waals surface area (Å²) < 4.78 is 0. The number of carboxylic acids is 1. The van der Waals surface area contributed by atoms with Gasteiger partial charge in [0.2, 0.25) is 0 Å². The van der Waals surface area contributed by atoms with Crippen molar-refractivity contribution >= 4 is 23.4 Å². The second-order valence-corrected chi connectivity index (χ2v) is 6.53. The molecule has 0 radical (unpaired) electrons. The third-order valence-electron chi connectivity index (χ3n) is 4.90. The molecule has 0 aromatic carbocycles. The van der Waals surface area contributed by atoms with E-state index in [1.54, 1.807) is 0 Å². The maximum atomic E-state index is 11.1. The number of aromatic nitrogens is 1. The van der Waals surface area contributed by atoms with Crippen molar-refractivity contribution in [3.05, 3.63) is 22.8 Å². The minimum Gasteiger partial charge on any atom is -0.478 e. The summed E-state index contributed by atoms with van der Waals surface area (Å²) in [5.74, 6) is 1.99. The maximum absolute atomic E-state index is 11.1. The van der Waals surface area contributed by atoms with Gasteiger partial charge in [-0.25, -0.2) is 9.78 Å². The molecule has 108 valence electrons. The van der Waals surface area contributed by atoms with E-state index in [0.29, 0.717) is 17.8 Å². The molecule has 5 heteroatoms. The fourth-order valence-electron chi connectivity index (χ4n) is 3.93. The third-order valence-corrected chi connectivity index (χ3v) is 5.20. The molecule has 2 fully saturated rings. The van der Waals surface area contributed by atoms with Crippen LogP contribution in [0.4, 0.5) is 5.82 Å². The molecule has 0 spiro atoms. The van der Waals surface area contributed by atoms with Crippen molar-refractivity contribution in [2.75, 3.05) is 5.32 Å². The van der Waals surface area contributed by atoms with E-state index in [2.05, 4.69) is 17.2 Å². The van der Waals surface area contributed by atoms with Crippen molar-refractivity contribution < 1.29 is 9.90 Å². The highest BCUT2D eigenvalue weighted by molar-refractivity contribution is 6.33. The van der Waals surface area contributed by atoms with Crippen LogP contribution >= 0.6 is 11.6 Å². The van der Waals surface area contributed by atoms with Gasteiger partial charge in [0.15, 0.2) is 0 Å². The van der Waals surface area contributed by atoms with E-state index >= 15 is 0 Å². The number of aromatic carboxylic acids is 1. The van der Waals surface area contributed by atoms with E-state index < -0.39 is 5.97 Å². The van der Waals surface area contributed by atoms with E-state index in [-0.39, 0.29) is 10.6 Å². The van der Waals surface area contributed by atoms with Gasteiger partial charge < -0.3 is 10.4 Å². The summed E-state index contributed by atoms with van der Waals surface area (Å²) in [6.45, 7) is 2.17. The van der Waals surface area contributed by atoms with Crippen LogP contribution in [0.2, 0.25) is 5.02 Å². The summed E-state index contributed by atoms with van der Waals surface area (Å²) in [6.07, 6.45) is 6.79. The van der Waals surface area contributed by atoms with Crippen molar-refractivity contribution in [2.45, 2.75) is 38.6 Å². The summed E-state index contributed by atoms with van der Waals surface area (Å²) in [7, 11) is 0. The molecule has 2 aliphatic carbocycles. The van der Waals surface area contributed by atoms with Crippen LogP contribution in [-0.2, 0) is 0 Å². The summed E-state index contributed by atoms with van der Waals surface area (Å²) in [4.78, 5) is 15.3. The number of fused-ring (bicyclic) bond motifs is 2. The fraction of sp³-hybridized carbons (Fsp3) is 0.600. The molecule has 4 atom stereocenters. The van der Waals surface area contributed by atoms with Crippen LogP contribution in [0.25, 0.3) is 0 Å². The second-order valence-electron chi connectivity index (χ2n) is 6.13. The quantitative estimate of drug-likeness (QED) is 0.889. The topological polar surface area (TPSA) is 62.2 Å². The van der Waals surface area contributed by atoms with Gasteiger partial charge in [0.25, 0.3) is 0 Å². The summed E-state index contributed by atoms with van der Waals surface area (Å²) in [5, 5.41) is 12.6. The van der Waals surface area contributed by atoms with Gasteiger partial charge in [0.05, 0.1) is 10.6 Å². The third kappa shape index (κ3) is 2.49. The molecule has 2 N–H and O–H groups in total. The Kier molecular flexibility index (Phi) is 3.59. The number of nitrogens with one attached hydrogen (secondary N) is 1. The number of carboxylic acid groups (broad SMARTS) is 1. The van der Waals surface area contributed by atoms with Crippen LogP contribution in [0.15, 0.2) is 12.3 Å². The molecule has 4 unspecified atom stereocenters. The monoisotopic (exact) mass is 294 g/mol. The number of halogens is 1. The number of pyridine rings is 1. The van der Waals surface area contributed by atoms with Crippen molar-refractivity contribution in [2.24, 2.45) is 17.8 Å². The zero-order valence-corrected chi connectivity index (χ0v) is 12.2. The molecule has 1 heterocycles. The first-order chi connectivity index (χ1) is 9.54. The highest BCUT2D eigenvalue weighted by Gasteiger charge is 2.41. The Morgan fingerprint density at radius 2 is 2.30 bits per heavy atom. The number of rotatable bonds is 4. The Labute approximate surface area is 123 Å². The average Bonchev–Trinajstić information content (AvgIpc) is 3.03. The molecule has 0 aliphatic heterocycles. The van der Waals surface area contributed by atoms with Gasteiger partial charge in [0.1, 0.15) is 5.82 Å². The molecule has 2 aliphatic rings. The molecule has 2 bridgehead atoms. The molecule has 1 aromatic heterocycles. The van der Waals surface area contributed by atoms with Crippen LogP contribution < -0.4 is 5.32 Å². The smallest absolute Gasteiger partial charge is 0.337 e. The summed E-state index contributed by atoms with van der Waals surface area (Å²) in [6, 6.07) is 1.84. The molecule has 4 nitrogen and oxygen atoms in total. The van der Waals surface area contributed by atoms with Crippen molar-refractivity contribution in [1.29, 1.82) is 0 Å². The maximum Gasteiger partial charge on any atom is 0.337 e. The molecule has 2 saturated carbocycles. The normalized spacial score (nSPS) is 29.4. The lowest BCUT2D eigenvalue weighted by Crippen LogP contribution is -2.30. The largest absolute Gasteiger partial charge is 0.478 e. The minimum absolute atomic E-state index is 0.101. The number of anilines is 1. The summed E-state index contributed by atoms with van der Waals surface area (Å²) >= 11 is 5.84. The molecule has 20 heavy (non-hydrogen) atoms. The van der Waals surface area contributed by atoms with E-state index in [4.69, 9.17) is 16.7 Å². The number of nitrogens with zero attached hydrogens (tertiary/aromatic N) is 1. The lowest BCUT2D eigenvalue weighted by molar-refractivity contribution is 0.0697. The Morgan fingerprint density at radius 1 is 1.50 bits per heavy atom. The Balaban J connectivity index is 1.71. The van der Waals surface area contributed by atoms with Gasteiger partial charge >= 0.3 is 5.97 Å². The standard InChI is InChI=1S/C15H19ClN2O2/c1-8(11-5-9-2-3-10(11)4-9)18-14-6-12(15(19)20)13(16)7-17-14/h6-11H,2-5H2,1H3,(H,17,18)(H,19,20). The zero-order chi connectivity index (χ0) is 14.3. The minimum atomic E-state index is -1.02. The fourth-order valence-corrected chi connectivity index (χ4v) is 4.11. The van der Waals surface area contributed by atoms with E-state index in [0.717, 1.165) is 11.8 Å². The number of carbonyl (C=O) groups is 1. The Morgan fingerprint density at radius 3 is 2.90 bits per heavy atom. The van der Waals surface area contributed by atoms with Crippen LogP contribution in [0.1, 0.15) is 43.0 Å². The van der Waals surface area contributed by atoms with Gasteiger partial charge in [-0.1, -0.05) is 18.0 Å². The van der Waals surface area contributed by atoms with Gasteiger partial charge in [-0.3, -0.25) is 0 Å². The SMILES string of the molecule is CC(Nc1cc(C(=O)O)c(Cl)cn1)C1CC2CCC1C2. The molecule has 3 rings (SSSR count). The molecular formula is C15H19ClN2O2. The predicted molar refractivity (Wildman–Crippen MR) is 78.2 cm³/mol. The Bertz CT molecular complexity index is 535. The average molecular weight is 295 g/mol. The van der Waals surface area contributed by atoms with Crippen molar-refractivity contribution in [3.8, 4) is 0 Å². The van der Waals surface area contributed by atoms with E-state index in [9.17, 15) is 4.79 Å². The highest BCUT2D eigenvalue weighted by Crippen LogP contribution is 2.49. The van der Waals surface area contributed by atoms with Crippen LogP contribution in [0.3, 0.4) is 0 Å². The lowest BCUT2D eigenvalue weighted by atomic mass is 9.84. The number of hydrogen-bond acceptors (Lipinski definition) is 3. The van der Waals surface area contributed by atoms with Gasteiger partial charge in [-0.05, 0) is 50.0 Å². The van der Waals surface area contributed by atoms with Gasteiger partial charge in [-0.2, -0.15) is 0 Å². The van der Waals surface area contributed by atoms with Crippen molar-refractivity contribution in [1.82, 2.24) is 4.98 Å². The lowest BCUT2D eigenvalue weighted by Gasteiger charge is -2.29. The first-order valence-electron chi connectivity index (χ1n) is 7.20. The summed E-state index contributed by atoms with van der Waals surface area (Å²) in [5.41, 5.74) is 0.101. The van der Waals surface area contributed by atoms with E-state index in [1.807, 2.05) is 0 Å². The van der Waals surface area contributed by atoms with Crippen LogP contribution in [-0.4, -0.2) is 22.1 Å².